The first kappa shape index (κ1) is 15.1. The second kappa shape index (κ2) is 6.21. The van der Waals surface area contributed by atoms with Gasteiger partial charge in [0.25, 0.3) is 0 Å². The van der Waals surface area contributed by atoms with Crippen molar-refractivity contribution in [2.45, 2.75) is 10.9 Å². The van der Waals surface area contributed by atoms with Gasteiger partial charge in [-0.15, -0.1) is 5.10 Å². The van der Waals surface area contributed by atoms with Crippen LogP contribution in [0.15, 0.2) is 53.9 Å². The van der Waals surface area contributed by atoms with E-state index in [2.05, 4.69) is 20.5 Å². The van der Waals surface area contributed by atoms with Gasteiger partial charge in [0.2, 0.25) is 5.16 Å². The maximum atomic E-state index is 13.4. The molecule has 6 nitrogen and oxygen atoms in total. The summed E-state index contributed by atoms with van der Waals surface area (Å²) < 4.78 is 16.7. The van der Waals surface area contributed by atoms with Crippen LogP contribution in [0, 0.1) is 5.82 Å². The molecule has 0 N–H and O–H groups in total. The van der Waals surface area contributed by atoms with E-state index < -0.39 is 0 Å². The zero-order chi connectivity index (χ0) is 16.5. The average molecular weight is 361 g/mol. The van der Waals surface area contributed by atoms with E-state index in [1.807, 2.05) is 16.7 Å². The van der Waals surface area contributed by atoms with Gasteiger partial charge in [0, 0.05) is 18.1 Å². The molecule has 4 rings (SSSR count). The summed E-state index contributed by atoms with van der Waals surface area (Å²) in [5.41, 5.74) is 2.26. The molecule has 0 saturated heterocycles. The van der Waals surface area contributed by atoms with Gasteiger partial charge in [-0.1, -0.05) is 29.4 Å². The number of aromatic nitrogens is 6. The molecule has 120 valence electrons. The smallest absolute Gasteiger partial charge is 0.214 e. The van der Waals surface area contributed by atoms with E-state index in [9.17, 15) is 4.39 Å². The molecule has 3 aromatic heterocycles. The first-order valence-corrected chi connectivity index (χ1v) is 8.36. The van der Waals surface area contributed by atoms with Crippen LogP contribution in [0.3, 0.4) is 0 Å². The predicted molar refractivity (Wildman–Crippen MR) is 88.9 cm³/mol. The molecule has 0 aliphatic heterocycles. The van der Waals surface area contributed by atoms with Crippen LogP contribution in [-0.4, -0.2) is 29.6 Å². The molecule has 0 aliphatic rings. The number of hydrogen-bond donors (Lipinski definition) is 0. The normalized spacial score (nSPS) is 11.2. The van der Waals surface area contributed by atoms with Crippen molar-refractivity contribution >= 4 is 29.0 Å². The summed E-state index contributed by atoms with van der Waals surface area (Å²) in [5.74, 6) is 0.241. The van der Waals surface area contributed by atoms with E-state index >= 15 is 0 Å². The van der Waals surface area contributed by atoms with E-state index in [1.165, 1.54) is 28.6 Å². The van der Waals surface area contributed by atoms with E-state index in [1.54, 1.807) is 24.4 Å². The molecule has 3 heterocycles. The largest absolute Gasteiger partial charge is 0.305 e. The minimum Gasteiger partial charge on any atom is -0.305 e. The van der Waals surface area contributed by atoms with E-state index in [0.29, 0.717) is 21.6 Å². The topological polar surface area (TPSA) is 60.9 Å². The summed E-state index contributed by atoms with van der Waals surface area (Å²) in [4.78, 5) is 4.52. The van der Waals surface area contributed by atoms with Crippen LogP contribution in [0.4, 0.5) is 4.39 Å². The number of imidazole rings is 1. The molecule has 0 radical (unpaired) electrons. The SMILES string of the molecule is Fc1cccc(-n2nnnc2SCc2cn3cc(Cl)ccc3n2)c1. The lowest BCUT2D eigenvalue weighted by atomic mass is 10.3. The van der Waals surface area contributed by atoms with Crippen LogP contribution in [0.5, 0.6) is 0 Å². The molecule has 0 saturated carbocycles. The second-order valence-corrected chi connectivity index (χ2v) is 6.37. The van der Waals surface area contributed by atoms with Crippen LogP contribution in [0.2, 0.25) is 5.02 Å². The Morgan fingerprint density at radius 3 is 2.96 bits per heavy atom. The van der Waals surface area contributed by atoms with Crippen LogP contribution in [0.25, 0.3) is 11.3 Å². The van der Waals surface area contributed by atoms with Crippen LogP contribution >= 0.6 is 23.4 Å². The Balaban J connectivity index is 1.57. The van der Waals surface area contributed by atoms with Crippen molar-refractivity contribution in [3.05, 3.63) is 65.3 Å². The minimum absolute atomic E-state index is 0.337. The van der Waals surface area contributed by atoms with E-state index in [0.717, 1.165) is 11.3 Å². The molecular weight excluding hydrogens is 351 g/mol. The van der Waals surface area contributed by atoms with Gasteiger partial charge in [0.05, 0.1) is 16.4 Å². The fourth-order valence-electron chi connectivity index (χ4n) is 2.26. The Morgan fingerprint density at radius 2 is 2.08 bits per heavy atom. The Morgan fingerprint density at radius 1 is 1.17 bits per heavy atom. The number of tetrazole rings is 1. The molecule has 0 aliphatic carbocycles. The first-order valence-electron chi connectivity index (χ1n) is 6.99. The molecule has 0 unspecified atom stereocenters. The second-order valence-electron chi connectivity index (χ2n) is 4.99. The minimum atomic E-state index is -0.337. The third-order valence-electron chi connectivity index (χ3n) is 3.31. The molecule has 0 fully saturated rings. The lowest BCUT2D eigenvalue weighted by Gasteiger charge is -2.03. The number of hydrogen-bond acceptors (Lipinski definition) is 5. The lowest BCUT2D eigenvalue weighted by Crippen LogP contribution is -1.99. The van der Waals surface area contributed by atoms with Crippen molar-refractivity contribution in [3.8, 4) is 5.69 Å². The predicted octanol–water partition coefficient (Wildman–Crippen LogP) is 3.39. The summed E-state index contributed by atoms with van der Waals surface area (Å²) in [6.45, 7) is 0. The molecule has 0 amide bonds. The van der Waals surface area contributed by atoms with Crippen molar-refractivity contribution in [2.24, 2.45) is 0 Å². The van der Waals surface area contributed by atoms with Crippen molar-refractivity contribution in [1.82, 2.24) is 29.6 Å². The molecule has 24 heavy (non-hydrogen) atoms. The molecule has 0 spiro atoms. The summed E-state index contributed by atoms with van der Waals surface area (Å²) in [6.07, 6.45) is 3.71. The van der Waals surface area contributed by atoms with E-state index in [-0.39, 0.29) is 5.82 Å². The fourth-order valence-corrected chi connectivity index (χ4v) is 3.21. The highest BCUT2D eigenvalue weighted by Gasteiger charge is 2.11. The highest BCUT2D eigenvalue weighted by molar-refractivity contribution is 7.98. The fraction of sp³-hybridized carbons (Fsp3) is 0.0667. The number of rotatable bonds is 4. The standard InChI is InChI=1S/C15H10ClFN6S/c16-10-4-5-14-18-12(8-22(14)7-10)9-24-15-19-20-21-23(15)13-3-1-2-11(17)6-13/h1-8H,9H2. The molecule has 0 atom stereocenters. The van der Waals surface area contributed by atoms with Gasteiger partial charge in [-0.05, 0) is 40.8 Å². The Labute approximate surface area is 145 Å². The highest BCUT2D eigenvalue weighted by atomic mass is 35.5. The lowest BCUT2D eigenvalue weighted by molar-refractivity contribution is 0.623. The first-order chi connectivity index (χ1) is 11.7. The van der Waals surface area contributed by atoms with Gasteiger partial charge in [0.15, 0.2) is 0 Å². The van der Waals surface area contributed by atoms with Crippen molar-refractivity contribution in [1.29, 1.82) is 0 Å². The molecule has 9 heteroatoms. The van der Waals surface area contributed by atoms with Crippen LogP contribution < -0.4 is 0 Å². The quantitative estimate of drug-likeness (QED) is 0.522. The molecule has 0 bridgehead atoms. The summed E-state index contributed by atoms with van der Waals surface area (Å²) in [7, 11) is 0. The highest BCUT2D eigenvalue weighted by Crippen LogP contribution is 2.23. The summed E-state index contributed by atoms with van der Waals surface area (Å²) in [6, 6.07) is 9.78. The zero-order valence-corrected chi connectivity index (χ0v) is 13.7. The van der Waals surface area contributed by atoms with Gasteiger partial charge in [-0.25, -0.2) is 9.37 Å². The maximum absolute atomic E-state index is 13.4. The van der Waals surface area contributed by atoms with Gasteiger partial charge in [-0.3, -0.25) is 0 Å². The average Bonchev–Trinajstić information content (AvgIpc) is 3.18. The van der Waals surface area contributed by atoms with Crippen molar-refractivity contribution in [2.75, 3.05) is 0 Å². The van der Waals surface area contributed by atoms with Crippen molar-refractivity contribution < 1.29 is 4.39 Å². The van der Waals surface area contributed by atoms with Gasteiger partial charge in [-0.2, -0.15) is 4.68 Å². The molecule has 4 aromatic rings. The van der Waals surface area contributed by atoms with E-state index in [4.69, 9.17) is 11.6 Å². The Bertz CT molecular complexity index is 1010. The Hall–Kier alpha value is -2.45. The number of pyridine rings is 1. The number of fused-ring (bicyclic) bond motifs is 1. The van der Waals surface area contributed by atoms with Gasteiger partial charge < -0.3 is 4.40 Å². The third-order valence-corrected chi connectivity index (χ3v) is 4.48. The van der Waals surface area contributed by atoms with Crippen molar-refractivity contribution in [3.63, 3.8) is 0 Å². The Kier molecular flexibility index (Phi) is 3.91. The monoisotopic (exact) mass is 360 g/mol. The molecular formula is C15H10ClFN6S. The summed E-state index contributed by atoms with van der Waals surface area (Å²) >= 11 is 7.40. The van der Waals surface area contributed by atoms with Crippen LogP contribution in [0.1, 0.15) is 5.69 Å². The molecule has 1 aromatic carbocycles. The zero-order valence-electron chi connectivity index (χ0n) is 12.2. The van der Waals surface area contributed by atoms with Crippen LogP contribution in [-0.2, 0) is 5.75 Å². The number of benzene rings is 1. The number of thioether (sulfide) groups is 1. The third kappa shape index (κ3) is 2.98. The summed E-state index contributed by atoms with van der Waals surface area (Å²) in [5, 5.41) is 12.8. The number of nitrogens with zero attached hydrogens (tertiary/aromatic N) is 6. The van der Waals surface area contributed by atoms with Gasteiger partial charge >= 0.3 is 0 Å². The van der Waals surface area contributed by atoms with Gasteiger partial charge in [0.1, 0.15) is 11.5 Å². The number of halogens is 2. The maximum Gasteiger partial charge on any atom is 0.214 e.